The van der Waals surface area contributed by atoms with Gasteiger partial charge in [-0.25, -0.2) is 14.4 Å². The Morgan fingerprint density at radius 3 is 2.95 bits per heavy atom. The third-order valence-corrected chi connectivity index (χ3v) is 3.09. The highest BCUT2D eigenvalue weighted by Crippen LogP contribution is 2.20. The minimum absolute atomic E-state index is 0.260. The molecule has 3 aromatic rings. The van der Waals surface area contributed by atoms with E-state index in [0.29, 0.717) is 12.5 Å². The quantitative estimate of drug-likeness (QED) is 0.766. The fraction of sp³-hybridized carbons (Fsp3) is 0.143. The lowest BCUT2D eigenvalue weighted by Gasteiger charge is -2.06. The summed E-state index contributed by atoms with van der Waals surface area (Å²) in [6.45, 7) is 2.42. The van der Waals surface area contributed by atoms with Crippen molar-refractivity contribution in [3.05, 3.63) is 53.5 Å². The van der Waals surface area contributed by atoms with Gasteiger partial charge in [0.2, 0.25) is 5.95 Å². The summed E-state index contributed by atoms with van der Waals surface area (Å²) < 4.78 is 15.0. The second-order valence-electron chi connectivity index (χ2n) is 4.49. The second kappa shape index (κ2) is 4.35. The molecule has 4 nitrogen and oxygen atoms in total. The molecule has 0 aliphatic carbocycles. The van der Waals surface area contributed by atoms with Crippen molar-refractivity contribution >= 4 is 17.1 Å². The number of aromatic nitrogens is 3. The average molecular weight is 256 g/mol. The van der Waals surface area contributed by atoms with Gasteiger partial charge in [0, 0.05) is 6.20 Å². The first kappa shape index (κ1) is 11.6. The van der Waals surface area contributed by atoms with Gasteiger partial charge in [0.15, 0.2) is 5.65 Å². The topological polar surface area (TPSA) is 56.7 Å². The van der Waals surface area contributed by atoms with Gasteiger partial charge in [-0.15, -0.1) is 0 Å². The molecule has 0 fully saturated rings. The summed E-state index contributed by atoms with van der Waals surface area (Å²) in [6.07, 6.45) is 1.72. The van der Waals surface area contributed by atoms with E-state index in [1.807, 2.05) is 19.1 Å². The highest BCUT2D eigenvalue weighted by molar-refractivity contribution is 5.77. The number of nitrogen functional groups attached to an aromatic ring is 1. The van der Waals surface area contributed by atoms with Gasteiger partial charge in [-0.2, -0.15) is 0 Å². The molecular weight excluding hydrogens is 243 g/mol. The number of hydrogen-bond acceptors (Lipinski definition) is 3. The maximum Gasteiger partial charge on any atom is 0.202 e. The maximum absolute atomic E-state index is 13.2. The molecular formula is C14H13FN4. The molecule has 0 unspecified atom stereocenters. The average Bonchev–Trinajstić information content (AvgIpc) is 2.69. The third-order valence-electron chi connectivity index (χ3n) is 3.09. The van der Waals surface area contributed by atoms with Crippen LogP contribution in [0.3, 0.4) is 0 Å². The number of benzene rings is 1. The van der Waals surface area contributed by atoms with Crippen molar-refractivity contribution in [2.45, 2.75) is 13.5 Å². The van der Waals surface area contributed by atoms with E-state index < -0.39 is 0 Å². The summed E-state index contributed by atoms with van der Waals surface area (Å²) in [6, 6.07) is 8.33. The lowest BCUT2D eigenvalue weighted by atomic mass is 10.2. The molecule has 96 valence electrons. The van der Waals surface area contributed by atoms with E-state index in [4.69, 9.17) is 5.73 Å². The molecule has 0 saturated heterocycles. The summed E-state index contributed by atoms with van der Waals surface area (Å²) in [5.74, 6) is 0.130. The largest absolute Gasteiger partial charge is 0.369 e. The Balaban J connectivity index is 2.10. The first-order chi connectivity index (χ1) is 9.15. The van der Waals surface area contributed by atoms with Crippen LogP contribution < -0.4 is 5.73 Å². The maximum atomic E-state index is 13.2. The summed E-state index contributed by atoms with van der Waals surface area (Å²) >= 11 is 0. The molecule has 0 spiro atoms. The molecule has 0 radical (unpaired) electrons. The lowest BCUT2D eigenvalue weighted by molar-refractivity contribution is 0.624. The van der Waals surface area contributed by atoms with E-state index in [-0.39, 0.29) is 5.82 Å². The number of imidazole rings is 1. The third kappa shape index (κ3) is 2.03. The molecule has 3 rings (SSSR count). The van der Waals surface area contributed by atoms with Crippen LogP contribution in [0.2, 0.25) is 0 Å². The predicted molar refractivity (Wildman–Crippen MR) is 72.2 cm³/mol. The second-order valence-corrected chi connectivity index (χ2v) is 4.49. The molecule has 5 heteroatoms. The zero-order chi connectivity index (χ0) is 13.4. The number of aryl methyl sites for hydroxylation is 1. The van der Waals surface area contributed by atoms with Gasteiger partial charge < -0.3 is 5.73 Å². The number of fused-ring (bicyclic) bond motifs is 1. The molecule has 0 aliphatic heterocycles. The summed E-state index contributed by atoms with van der Waals surface area (Å²) in [5.41, 5.74) is 9.29. The van der Waals surface area contributed by atoms with Crippen LogP contribution in [0.15, 0.2) is 36.5 Å². The van der Waals surface area contributed by atoms with Crippen molar-refractivity contribution in [1.29, 1.82) is 0 Å². The SMILES string of the molecule is Cc1ccnc2c1nc(N)n2Cc1cccc(F)c1. The van der Waals surface area contributed by atoms with Gasteiger partial charge in [-0.1, -0.05) is 12.1 Å². The molecule has 1 aromatic carbocycles. The van der Waals surface area contributed by atoms with Crippen LogP contribution in [0.4, 0.5) is 10.3 Å². The monoisotopic (exact) mass is 256 g/mol. The van der Waals surface area contributed by atoms with Gasteiger partial charge in [0.25, 0.3) is 0 Å². The highest BCUT2D eigenvalue weighted by Gasteiger charge is 2.11. The van der Waals surface area contributed by atoms with Crippen molar-refractivity contribution < 1.29 is 4.39 Å². The minimum Gasteiger partial charge on any atom is -0.369 e. The van der Waals surface area contributed by atoms with Crippen LogP contribution in [-0.2, 0) is 6.54 Å². The predicted octanol–water partition coefficient (Wildman–Crippen LogP) is 2.51. The van der Waals surface area contributed by atoms with E-state index >= 15 is 0 Å². The van der Waals surface area contributed by atoms with Crippen molar-refractivity contribution in [1.82, 2.24) is 14.5 Å². The standard InChI is InChI=1S/C14H13FN4/c1-9-5-6-17-13-12(9)18-14(16)19(13)8-10-3-2-4-11(15)7-10/h2-7H,8H2,1H3,(H2,16,18). The molecule has 2 N–H and O–H groups in total. The van der Waals surface area contributed by atoms with Gasteiger partial charge in [0.05, 0.1) is 6.54 Å². The molecule has 0 aliphatic rings. The van der Waals surface area contributed by atoms with Gasteiger partial charge in [-0.05, 0) is 36.2 Å². The highest BCUT2D eigenvalue weighted by atomic mass is 19.1. The van der Waals surface area contributed by atoms with Crippen molar-refractivity contribution in [3.63, 3.8) is 0 Å². The number of anilines is 1. The minimum atomic E-state index is -0.260. The Morgan fingerprint density at radius 2 is 2.16 bits per heavy atom. The first-order valence-corrected chi connectivity index (χ1v) is 5.97. The van der Waals surface area contributed by atoms with E-state index in [1.165, 1.54) is 12.1 Å². The van der Waals surface area contributed by atoms with E-state index in [1.54, 1.807) is 16.8 Å². The Bertz CT molecular complexity index is 748. The van der Waals surface area contributed by atoms with E-state index in [0.717, 1.165) is 22.3 Å². The number of halogens is 1. The summed E-state index contributed by atoms with van der Waals surface area (Å²) in [4.78, 5) is 8.62. The van der Waals surface area contributed by atoms with Crippen molar-refractivity contribution in [3.8, 4) is 0 Å². The van der Waals surface area contributed by atoms with Crippen LogP contribution in [-0.4, -0.2) is 14.5 Å². The van der Waals surface area contributed by atoms with Crippen molar-refractivity contribution in [2.24, 2.45) is 0 Å². The molecule has 2 heterocycles. The van der Waals surface area contributed by atoms with Crippen LogP contribution in [0.25, 0.3) is 11.2 Å². The van der Waals surface area contributed by atoms with Crippen LogP contribution in [0, 0.1) is 12.7 Å². The summed E-state index contributed by atoms with van der Waals surface area (Å²) in [5, 5.41) is 0. The van der Waals surface area contributed by atoms with Crippen LogP contribution in [0.5, 0.6) is 0 Å². The molecule has 19 heavy (non-hydrogen) atoms. The number of nitrogens with two attached hydrogens (primary N) is 1. The fourth-order valence-electron chi connectivity index (χ4n) is 2.13. The fourth-order valence-corrected chi connectivity index (χ4v) is 2.13. The molecule has 0 amide bonds. The number of rotatable bonds is 2. The smallest absolute Gasteiger partial charge is 0.202 e. The first-order valence-electron chi connectivity index (χ1n) is 5.97. The Hall–Kier alpha value is -2.43. The molecule has 0 saturated carbocycles. The number of nitrogens with zero attached hydrogens (tertiary/aromatic N) is 3. The van der Waals surface area contributed by atoms with Gasteiger partial charge in [-0.3, -0.25) is 4.57 Å². The zero-order valence-corrected chi connectivity index (χ0v) is 10.5. The summed E-state index contributed by atoms with van der Waals surface area (Å²) in [7, 11) is 0. The molecule has 0 atom stereocenters. The molecule has 2 aromatic heterocycles. The van der Waals surface area contributed by atoms with Crippen LogP contribution in [0.1, 0.15) is 11.1 Å². The zero-order valence-electron chi connectivity index (χ0n) is 10.5. The normalized spacial score (nSPS) is 11.1. The van der Waals surface area contributed by atoms with Gasteiger partial charge >= 0.3 is 0 Å². The van der Waals surface area contributed by atoms with E-state index in [9.17, 15) is 4.39 Å². The number of pyridine rings is 1. The Labute approximate surface area is 109 Å². The Morgan fingerprint density at radius 1 is 1.32 bits per heavy atom. The van der Waals surface area contributed by atoms with E-state index in [2.05, 4.69) is 9.97 Å². The molecule has 0 bridgehead atoms. The van der Waals surface area contributed by atoms with Gasteiger partial charge in [0.1, 0.15) is 11.3 Å². The van der Waals surface area contributed by atoms with Crippen molar-refractivity contribution in [2.75, 3.05) is 5.73 Å². The lowest BCUT2D eigenvalue weighted by Crippen LogP contribution is -2.05. The number of hydrogen-bond donors (Lipinski definition) is 1. The van der Waals surface area contributed by atoms with Crippen LogP contribution >= 0.6 is 0 Å². The Kier molecular flexibility index (Phi) is 2.67.